The van der Waals surface area contributed by atoms with Gasteiger partial charge in [0.15, 0.2) is 0 Å². The van der Waals surface area contributed by atoms with Crippen molar-refractivity contribution >= 4 is 41.4 Å². The molecule has 0 spiro atoms. The monoisotopic (exact) mass is 751 g/mol. The van der Waals surface area contributed by atoms with Gasteiger partial charge in [0.2, 0.25) is 29.4 Å². The first-order valence-corrected chi connectivity index (χ1v) is 19.5. The summed E-state index contributed by atoms with van der Waals surface area (Å²) in [5.41, 5.74) is -0.161. The molecule has 298 valence electrons. The number of Topliss-reactive ketones (excluding diaryl/α,β-unsaturated/α-hetero) is 1. The standard InChI is InChI=1S/C40H61N7O7/c1-39(2,3)45-38(54)43-28-22-18-13-11-9-8-10-12-17-21-27(42-34(50)32-30-26(40(30,4)5)24-47(32)36(28)52)33(49)35(51)41-23-29(48)44-31(37(53)46(6)7)25-19-15-14-16-20-25/h14-16,19-20,26-28,30-32H,8-13,17-18,21-24H2,1-7H3,(H,41,51)(H,42,50)(H,44,48)(H2,43,45,54)/t26-,27-,28?,30-,31-,32-/m0/s1. The number of likely N-dealkylation sites (N-methyl/N-ethyl adjacent to an activating group) is 1. The van der Waals surface area contributed by atoms with Gasteiger partial charge in [-0.05, 0) is 56.4 Å². The Morgan fingerprint density at radius 2 is 1.50 bits per heavy atom. The first-order valence-electron chi connectivity index (χ1n) is 19.5. The van der Waals surface area contributed by atoms with Gasteiger partial charge in [0.1, 0.15) is 18.1 Å². The predicted molar refractivity (Wildman–Crippen MR) is 204 cm³/mol. The van der Waals surface area contributed by atoms with Gasteiger partial charge in [0.25, 0.3) is 5.91 Å². The number of amides is 7. The van der Waals surface area contributed by atoms with E-state index in [0.29, 0.717) is 24.9 Å². The Bertz CT molecular complexity index is 1540. The number of fused-ring (bicyclic) bond motifs is 3. The van der Waals surface area contributed by atoms with Gasteiger partial charge in [0.05, 0.1) is 12.6 Å². The van der Waals surface area contributed by atoms with Gasteiger partial charge in [-0.2, -0.15) is 0 Å². The lowest BCUT2D eigenvalue weighted by molar-refractivity contribution is -0.144. The molecule has 1 saturated carbocycles. The molecular formula is C40H61N7O7. The summed E-state index contributed by atoms with van der Waals surface area (Å²) in [7, 11) is 3.14. The van der Waals surface area contributed by atoms with Gasteiger partial charge in [-0.25, -0.2) is 4.79 Å². The molecule has 2 heterocycles. The normalized spacial score (nSPS) is 25.4. The van der Waals surface area contributed by atoms with Crippen molar-refractivity contribution in [3.05, 3.63) is 35.9 Å². The summed E-state index contributed by atoms with van der Waals surface area (Å²) < 4.78 is 0. The number of rotatable bonds is 8. The van der Waals surface area contributed by atoms with E-state index in [-0.39, 0.29) is 35.5 Å². The zero-order valence-corrected chi connectivity index (χ0v) is 33.1. The molecule has 4 rings (SSSR count). The van der Waals surface area contributed by atoms with Gasteiger partial charge in [-0.3, -0.25) is 28.8 Å². The van der Waals surface area contributed by atoms with Gasteiger partial charge >= 0.3 is 6.03 Å². The summed E-state index contributed by atoms with van der Waals surface area (Å²) in [5, 5.41) is 13.6. The Hall–Kier alpha value is -4.49. The fourth-order valence-electron chi connectivity index (χ4n) is 7.90. The summed E-state index contributed by atoms with van der Waals surface area (Å²) in [6.07, 6.45) is 7.64. The number of hydrogen-bond donors (Lipinski definition) is 5. The molecule has 2 saturated heterocycles. The molecule has 54 heavy (non-hydrogen) atoms. The quantitative estimate of drug-likeness (QED) is 0.253. The maximum atomic E-state index is 14.2. The zero-order chi connectivity index (χ0) is 39.8. The van der Waals surface area contributed by atoms with Crippen LogP contribution in [0.1, 0.15) is 110 Å². The van der Waals surface area contributed by atoms with Crippen LogP contribution in [0.25, 0.3) is 0 Å². The minimum Gasteiger partial charge on any atom is -0.347 e. The van der Waals surface area contributed by atoms with Crippen LogP contribution in [0.15, 0.2) is 30.3 Å². The average Bonchev–Trinajstić information content (AvgIpc) is 3.41. The van der Waals surface area contributed by atoms with Crippen molar-refractivity contribution in [3.8, 4) is 0 Å². The Balaban J connectivity index is 1.50. The molecule has 5 N–H and O–H groups in total. The van der Waals surface area contributed by atoms with E-state index in [1.165, 1.54) is 4.90 Å². The number of piperidine rings is 1. The van der Waals surface area contributed by atoms with Gasteiger partial charge in [0, 0.05) is 26.2 Å². The van der Waals surface area contributed by atoms with Crippen molar-refractivity contribution in [2.75, 3.05) is 27.2 Å². The fraction of sp³-hybridized carbons (Fsp3) is 0.675. The Labute approximate surface area is 319 Å². The van der Waals surface area contributed by atoms with Crippen LogP contribution in [0.3, 0.4) is 0 Å². The van der Waals surface area contributed by atoms with Crippen LogP contribution < -0.4 is 26.6 Å². The van der Waals surface area contributed by atoms with Crippen LogP contribution in [0, 0.1) is 17.3 Å². The molecule has 1 aromatic rings. The molecule has 3 fully saturated rings. The molecule has 1 aromatic carbocycles. The van der Waals surface area contributed by atoms with E-state index < -0.39 is 65.8 Å². The summed E-state index contributed by atoms with van der Waals surface area (Å²) in [5.74, 6) is -3.88. The zero-order valence-electron chi connectivity index (χ0n) is 33.1. The molecule has 0 radical (unpaired) electrons. The molecule has 1 aliphatic carbocycles. The Morgan fingerprint density at radius 1 is 0.907 bits per heavy atom. The van der Waals surface area contributed by atoms with Crippen molar-refractivity contribution in [1.29, 1.82) is 0 Å². The third-order valence-corrected chi connectivity index (χ3v) is 11.0. The van der Waals surface area contributed by atoms with Crippen molar-refractivity contribution in [1.82, 2.24) is 36.4 Å². The highest BCUT2D eigenvalue weighted by Gasteiger charge is 2.69. The highest BCUT2D eigenvalue weighted by molar-refractivity contribution is 6.38. The minimum atomic E-state index is -1.17. The van der Waals surface area contributed by atoms with Crippen LogP contribution in [-0.4, -0.2) is 102 Å². The highest BCUT2D eigenvalue weighted by atomic mass is 16.2. The predicted octanol–water partition coefficient (Wildman–Crippen LogP) is 2.97. The second-order valence-electron chi connectivity index (χ2n) is 16.9. The van der Waals surface area contributed by atoms with Crippen LogP contribution in [0.5, 0.6) is 0 Å². The van der Waals surface area contributed by atoms with Crippen LogP contribution >= 0.6 is 0 Å². The first kappa shape index (κ1) is 42.3. The second kappa shape index (κ2) is 18.2. The molecule has 2 aliphatic heterocycles. The van der Waals surface area contributed by atoms with Crippen LogP contribution in [0.2, 0.25) is 0 Å². The smallest absolute Gasteiger partial charge is 0.315 e. The highest BCUT2D eigenvalue weighted by Crippen LogP contribution is 2.65. The second-order valence-corrected chi connectivity index (χ2v) is 16.9. The SMILES string of the molecule is CN(C)C(=O)[C@@H](NC(=O)CNC(=O)C(=O)[C@@H]1CCCCCCCCCCC(NC(=O)NC(C)(C)C)C(=O)N2C[C@H]3[C@@H]([C@H]2C(=O)N1)C3(C)C)c1ccccc1. The van der Waals surface area contributed by atoms with Crippen molar-refractivity contribution in [2.24, 2.45) is 17.3 Å². The van der Waals surface area contributed by atoms with E-state index in [0.717, 1.165) is 44.9 Å². The van der Waals surface area contributed by atoms with Gasteiger partial charge < -0.3 is 36.4 Å². The van der Waals surface area contributed by atoms with E-state index in [2.05, 4.69) is 40.4 Å². The number of benzene rings is 1. The fourth-order valence-corrected chi connectivity index (χ4v) is 7.90. The third kappa shape index (κ3) is 11.0. The number of nitrogens with one attached hydrogen (secondary N) is 5. The lowest BCUT2D eigenvalue weighted by atomic mass is 9.97. The number of hydrogen-bond acceptors (Lipinski definition) is 7. The van der Waals surface area contributed by atoms with E-state index >= 15 is 0 Å². The molecule has 14 heteroatoms. The number of carbonyl (C=O) groups is 7. The molecular weight excluding hydrogens is 690 g/mol. The summed E-state index contributed by atoms with van der Waals surface area (Å²) in [6.45, 7) is 9.47. The molecule has 1 unspecified atom stereocenters. The van der Waals surface area contributed by atoms with Gasteiger partial charge in [-0.15, -0.1) is 0 Å². The lowest BCUT2D eigenvalue weighted by Crippen LogP contribution is -2.59. The Morgan fingerprint density at radius 3 is 2.09 bits per heavy atom. The van der Waals surface area contributed by atoms with E-state index in [9.17, 15) is 33.6 Å². The maximum Gasteiger partial charge on any atom is 0.315 e. The van der Waals surface area contributed by atoms with Crippen molar-refractivity contribution in [2.45, 2.75) is 129 Å². The molecule has 7 amide bonds. The molecule has 6 atom stereocenters. The number of ketones is 1. The van der Waals surface area contributed by atoms with Gasteiger partial charge in [-0.1, -0.05) is 95.5 Å². The summed E-state index contributed by atoms with van der Waals surface area (Å²) in [6, 6.07) is 4.37. The number of nitrogens with zero attached hydrogens (tertiary/aromatic N) is 2. The summed E-state index contributed by atoms with van der Waals surface area (Å²) in [4.78, 5) is 97.1. The minimum absolute atomic E-state index is 0.0712. The number of urea groups is 1. The topological polar surface area (TPSA) is 186 Å². The maximum absolute atomic E-state index is 14.2. The molecule has 14 nitrogen and oxygen atoms in total. The third-order valence-electron chi connectivity index (χ3n) is 11.0. The van der Waals surface area contributed by atoms with E-state index in [4.69, 9.17) is 0 Å². The molecule has 0 bridgehead atoms. The van der Waals surface area contributed by atoms with E-state index in [1.807, 2.05) is 20.8 Å². The average molecular weight is 752 g/mol. The number of carbonyl (C=O) groups excluding carboxylic acids is 7. The molecule has 0 aromatic heterocycles. The van der Waals surface area contributed by atoms with Crippen LogP contribution in [0.4, 0.5) is 4.79 Å². The lowest BCUT2D eigenvalue weighted by Gasteiger charge is -2.34. The Kier molecular flexibility index (Phi) is 14.3. The van der Waals surface area contributed by atoms with Crippen LogP contribution in [-0.2, 0) is 28.8 Å². The van der Waals surface area contributed by atoms with Crippen molar-refractivity contribution in [3.63, 3.8) is 0 Å². The van der Waals surface area contributed by atoms with E-state index in [1.54, 1.807) is 49.3 Å². The van der Waals surface area contributed by atoms with Crippen molar-refractivity contribution < 1.29 is 33.6 Å². The first-order chi connectivity index (χ1) is 25.4. The largest absolute Gasteiger partial charge is 0.347 e. The summed E-state index contributed by atoms with van der Waals surface area (Å²) >= 11 is 0. The molecule has 3 aliphatic rings.